The Kier molecular flexibility index (Phi) is 4.24. The van der Waals surface area contributed by atoms with Gasteiger partial charge in [0.05, 0.1) is 10.0 Å². The van der Waals surface area contributed by atoms with Crippen molar-refractivity contribution in [3.63, 3.8) is 0 Å². The summed E-state index contributed by atoms with van der Waals surface area (Å²) in [6.45, 7) is 2.21. The highest BCUT2D eigenvalue weighted by molar-refractivity contribution is 6.42. The highest BCUT2D eigenvalue weighted by atomic mass is 35.5. The van der Waals surface area contributed by atoms with Crippen LogP contribution in [0.4, 0.5) is 0 Å². The fourth-order valence-electron chi connectivity index (χ4n) is 2.40. The van der Waals surface area contributed by atoms with Gasteiger partial charge in [-0.2, -0.15) is 4.98 Å². The molecule has 4 nitrogen and oxygen atoms in total. The van der Waals surface area contributed by atoms with Crippen LogP contribution in [0.3, 0.4) is 0 Å². The molecular weight excluding hydrogens is 297 g/mol. The molecule has 1 aromatic heterocycles. The number of hydrogen-bond donors (Lipinski definition) is 1. The van der Waals surface area contributed by atoms with Crippen LogP contribution in [0.1, 0.15) is 18.7 Å². The van der Waals surface area contributed by atoms with Gasteiger partial charge >= 0.3 is 0 Å². The minimum atomic E-state index is 0.493. The summed E-state index contributed by atoms with van der Waals surface area (Å²) in [5.41, 5.74) is 0.817. The first-order valence-electron chi connectivity index (χ1n) is 6.71. The van der Waals surface area contributed by atoms with Crippen LogP contribution >= 0.6 is 23.2 Å². The summed E-state index contributed by atoms with van der Waals surface area (Å²) in [5.74, 6) is 1.96. The molecule has 6 heteroatoms. The first kappa shape index (κ1) is 13.9. The van der Waals surface area contributed by atoms with Crippen molar-refractivity contribution in [2.24, 2.45) is 5.92 Å². The number of hydrogen-bond acceptors (Lipinski definition) is 4. The van der Waals surface area contributed by atoms with Gasteiger partial charge in [0.1, 0.15) is 0 Å². The molecule has 1 saturated heterocycles. The van der Waals surface area contributed by atoms with Crippen LogP contribution in [0.15, 0.2) is 22.7 Å². The summed E-state index contributed by atoms with van der Waals surface area (Å²) in [5, 5.41) is 8.37. The van der Waals surface area contributed by atoms with Crippen LogP contribution in [-0.2, 0) is 6.42 Å². The predicted molar refractivity (Wildman–Crippen MR) is 79.1 cm³/mol. The summed E-state index contributed by atoms with van der Waals surface area (Å²) in [6.07, 6.45) is 3.13. The van der Waals surface area contributed by atoms with Crippen molar-refractivity contribution in [2.45, 2.75) is 19.3 Å². The van der Waals surface area contributed by atoms with Gasteiger partial charge in [0.25, 0.3) is 0 Å². The number of nitrogens with one attached hydrogen (secondary N) is 1. The van der Waals surface area contributed by atoms with Gasteiger partial charge in [-0.05, 0) is 50.0 Å². The SMILES string of the molecule is Clc1ccc(-c2noc(CCC3CCNC3)n2)cc1Cl. The number of rotatable bonds is 4. The lowest BCUT2D eigenvalue weighted by Gasteiger charge is -2.03. The summed E-state index contributed by atoms with van der Waals surface area (Å²) in [4.78, 5) is 4.41. The Balaban J connectivity index is 1.67. The van der Waals surface area contributed by atoms with E-state index in [1.807, 2.05) is 6.07 Å². The molecule has 2 aromatic rings. The summed E-state index contributed by atoms with van der Waals surface area (Å²) in [7, 11) is 0. The van der Waals surface area contributed by atoms with Gasteiger partial charge in [-0.1, -0.05) is 28.4 Å². The molecule has 20 heavy (non-hydrogen) atoms. The van der Waals surface area contributed by atoms with Crippen molar-refractivity contribution in [3.8, 4) is 11.4 Å². The average Bonchev–Trinajstić information content (AvgIpc) is 3.10. The zero-order chi connectivity index (χ0) is 13.9. The molecule has 0 bridgehead atoms. The van der Waals surface area contributed by atoms with Crippen molar-refractivity contribution >= 4 is 23.2 Å². The van der Waals surface area contributed by atoms with E-state index >= 15 is 0 Å². The smallest absolute Gasteiger partial charge is 0.226 e. The van der Waals surface area contributed by atoms with Gasteiger partial charge < -0.3 is 9.84 Å². The van der Waals surface area contributed by atoms with Crippen molar-refractivity contribution in [1.82, 2.24) is 15.5 Å². The fraction of sp³-hybridized carbons (Fsp3) is 0.429. The lowest BCUT2D eigenvalue weighted by Crippen LogP contribution is -2.09. The Morgan fingerprint density at radius 1 is 1.30 bits per heavy atom. The van der Waals surface area contributed by atoms with E-state index in [2.05, 4.69) is 15.5 Å². The topological polar surface area (TPSA) is 51.0 Å². The largest absolute Gasteiger partial charge is 0.339 e. The number of aryl methyl sites for hydroxylation is 1. The van der Waals surface area contributed by atoms with Crippen molar-refractivity contribution < 1.29 is 4.52 Å². The van der Waals surface area contributed by atoms with E-state index in [9.17, 15) is 0 Å². The second kappa shape index (κ2) is 6.12. The zero-order valence-electron chi connectivity index (χ0n) is 10.9. The monoisotopic (exact) mass is 311 g/mol. The van der Waals surface area contributed by atoms with E-state index in [0.717, 1.165) is 37.4 Å². The molecule has 106 valence electrons. The number of nitrogens with zero attached hydrogens (tertiary/aromatic N) is 2. The minimum Gasteiger partial charge on any atom is -0.339 e. The van der Waals surface area contributed by atoms with E-state index < -0.39 is 0 Å². The highest BCUT2D eigenvalue weighted by Gasteiger charge is 2.16. The molecule has 0 spiro atoms. The van der Waals surface area contributed by atoms with Gasteiger partial charge in [-0.25, -0.2) is 0 Å². The maximum absolute atomic E-state index is 5.99. The third kappa shape index (κ3) is 3.14. The molecule has 2 heterocycles. The molecule has 1 atom stereocenters. The molecule has 1 aliphatic rings. The molecule has 0 amide bonds. The average molecular weight is 312 g/mol. The molecule has 1 aliphatic heterocycles. The first-order chi connectivity index (χ1) is 9.72. The Morgan fingerprint density at radius 2 is 2.20 bits per heavy atom. The van der Waals surface area contributed by atoms with Gasteiger partial charge in [0.2, 0.25) is 11.7 Å². The van der Waals surface area contributed by atoms with Crippen molar-refractivity contribution in [2.75, 3.05) is 13.1 Å². The van der Waals surface area contributed by atoms with Crippen molar-refractivity contribution in [3.05, 3.63) is 34.1 Å². The molecule has 0 radical (unpaired) electrons. The summed E-state index contributed by atoms with van der Waals surface area (Å²) >= 11 is 11.9. The lowest BCUT2D eigenvalue weighted by molar-refractivity contribution is 0.365. The molecule has 3 rings (SSSR count). The van der Waals surface area contributed by atoms with Crippen molar-refractivity contribution in [1.29, 1.82) is 0 Å². The first-order valence-corrected chi connectivity index (χ1v) is 7.46. The Bertz CT molecular complexity index is 594. The van der Waals surface area contributed by atoms with Crippen LogP contribution in [0, 0.1) is 5.92 Å². The van der Waals surface area contributed by atoms with E-state index in [0.29, 0.717) is 21.8 Å². The van der Waals surface area contributed by atoms with Gasteiger partial charge in [0, 0.05) is 12.0 Å². The third-order valence-corrected chi connectivity index (χ3v) is 4.31. The predicted octanol–water partition coefficient (Wildman–Crippen LogP) is 3.59. The second-order valence-corrected chi connectivity index (χ2v) is 5.85. The molecule has 1 fully saturated rings. The normalized spacial score (nSPS) is 18.6. The molecular formula is C14H15Cl2N3O. The van der Waals surface area contributed by atoms with E-state index in [4.69, 9.17) is 27.7 Å². The van der Waals surface area contributed by atoms with Crippen LogP contribution in [-0.4, -0.2) is 23.2 Å². The summed E-state index contributed by atoms with van der Waals surface area (Å²) < 4.78 is 5.29. The zero-order valence-corrected chi connectivity index (χ0v) is 12.4. The van der Waals surface area contributed by atoms with Gasteiger partial charge in [-0.3, -0.25) is 0 Å². The van der Waals surface area contributed by atoms with E-state index in [1.54, 1.807) is 12.1 Å². The van der Waals surface area contributed by atoms with Crippen LogP contribution in [0.5, 0.6) is 0 Å². The second-order valence-electron chi connectivity index (χ2n) is 5.04. The van der Waals surface area contributed by atoms with Gasteiger partial charge in [0.15, 0.2) is 0 Å². The standard InChI is InChI=1S/C14H15Cl2N3O/c15-11-3-2-10(7-12(11)16)14-18-13(20-19-14)4-1-9-5-6-17-8-9/h2-3,7,9,17H,1,4-6,8H2. The number of benzene rings is 1. The minimum absolute atomic E-state index is 0.493. The molecule has 0 aliphatic carbocycles. The highest BCUT2D eigenvalue weighted by Crippen LogP contribution is 2.27. The number of halogens is 2. The maximum Gasteiger partial charge on any atom is 0.226 e. The molecule has 1 N–H and O–H groups in total. The van der Waals surface area contributed by atoms with Gasteiger partial charge in [-0.15, -0.1) is 0 Å². The summed E-state index contributed by atoms with van der Waals surface area (Å²) in [6, 6.07) is 5.32. The molecule has 1 aromatic carbocycles. The fourth-order valence-corrected chi connectivity index (χ4v) is 2.70. The Morgan fingerprint density at radius 3 is 2.95 bits per heavy atom. The third-order valence-electron chi connectivity index (χ3n) is 3.57. The maximum atomic E-state index is 5.99. The van der Waals surface area contributed by atoms with Crippen LogP contribution in [0.25, 0.3) is 11.4 Å². The Hall–Kier alpha value is -1.10. The molecule has 0 saturated carbocycles. The lowest BCUT2D eigenvalue weighted by atomic mass is 10.0. The molecule has 1 unspecified atom stereocenters. The van der Waals surface area contributed by atoms with E-state index in [1.165, 1.54) is 6.42 Å². The Labute approximate surface area is 127 Å². The van der Waals surface area contributed by atoms with Crippen LogP contribution in [0.2, 0.25) is 10.0 Å². The van der Waals surface area contributed by atoms with Crippen LogP contribution < -0.4 is 5.32 Å². The van der Waals surface area contributed by atoms with E-state index in [-0.39, 0.29) is 0 Å². The number of aromatic nitrogens is 2. The quantitative estimate of drug-likeness (QED) is 0.937.